The molecule has 2 aromatic heterocycles. The molecular weight excluding hydrogens is 440 g/mol. The first-order valence-electron chi connectivity index (χ1n) is 11.1. The van der Waals surface area contributed by atoms with Crippen LogP contribution in [0.15, 0.2) is 55.1 Å². The van der Waals surface area contributed by atoms with Gasteiger partial charge >= 0.3 is 6.09 Å². The number of rotatable bonds is 5. The Labute approximate surface area is 199 Å². The highest BCUT2D eigenvalue weighted by molar-refractivity contribution is 6.30. The summed E-state index contributed by atoms with van der Waals surface area (Å²) in [4.78, 5) is 18.4. The van der Waals surface area contributed by atoms with Crippen LogP contribution in [0.4, 0.5) is 4.79 Å². The van der Waals surface area contributed by atoms with Crippen LogP contribution in [0.2, 0.25) is 5.02 Å². The summed E-state index contributed by atoms with van der Waals surface area (Å²) < 4.78 is 13.4. The van der Waals surface area contributed by atoms with Gasteiger partial charge in [0.25, 0.3) is 0 Å². The second-order valence-corrected chi connectivity index (χ2v) is 9.67. The number of carbonyl (C=O) groups excluding carboxylic acids is 1. The standard InChI is InChI=1S/C25H29ClN4O3/c1-25(2,3)33-24(31)29-10-8-22(9-11-29)30-16-20(14-28-30)19-12-23(15-27-13-19)32-17-18-4-6-21(26)7-5-18/h4-7,12-16,22H,8-11,17H2,1-3H3. The molecule has 0 N–H and O–H groups in total. The van der Waals surface area contributed by atoms with Crippen molar-refractivity contribution in [1.82, 2.24) is 19.7 Å². The lowest BCUT2D eigenvalue weighted by molar-refractivity contribution is 0.0185. The topological polar surface area (TPSA) is 69.5 Å². The monoisotopic (exact) mass is 468 g/mol. The van der Waals surface area contributed by atoms with E-state index in [4.69, 9.17) is 21.1 Å². The van der Waals surface area contributed by atoms with Crippen LogP contribution in [0.25, 0.3) is 11.1 Å². The van der Waals surface area contributed by atoms with Crippen LogP contribution in [-0.2, 0) is 11.3 Å². The third kappa shape index (κ3) is 6.26. The molecular formula is C25H29ClN4O3. The number of benzene rings is 1. The van der Waals surface area contributed by atoms with Gasteiger partial charge in [-0.15, -0.1) is 0 Å². The minimum atomic E-state index is -0.480. The Bertz CT molecular complexity index is 1080. The van der Waals surface area contributed by atoms with E-state index in [1.54, 1.807) is 11.1 Å². The molecule has 33 heavy (non-hydrogen) atoms. The highest BCUT2D eigenvalue weighted by Crippen LogP contribution is 2.27. The van der Waals surface area contributed by atoms with Crippen molar-refractivity contribution in [1.29, 1.82) is 0 Å². The summed E-state index contributed by atoms with van der Waals surface area (Å²) in [5, 5.41) is 5.28. The molecule has 0 aliphatic carbocycles. The van der Waals surface area contributed by atoms with Gasteiger partial charge in [0, 0.05) is 41.6 Å². The van der Waals surface area contributed by atoms with Crippen molar-refractivity contribution >= 4 is 17.7 Å². The number of ether oxygens (including phenoxy) is 2. The maximum Gasteiger partial charge on any atom is 0.410 e. The van der Waals surface area contributed by atoms with Gasteiger partial charge in [0.2, 0.25) is 0 Å². The molecule has 1 saturated heterocycles. The zero-order valence-electron chi connectivity index (χ0n) is 19.2. The second kappa shape index (κ2) is 9.83. The molecule has 3 aromatic rings. The average molecular weight is 469 g/mol. The molecule has 1 amide bonds. The molecule has 1 fully saturated rings. The van der Waals surface area contributed by atoms with E-state index in [-0.39, 0.29) is 12.1 Å². The maximum atomic E-state index is 12.3. The third-order valence-electron chi connectivity index (χ3n) is 5.46. The summed E-state index contributed by atoms with van der Waals surface area (Å²) in [6, 6.07) is 9.79. The number of hydrogen-bond acceptors (Lipinski definition) is 5. The quantitative estimate of drug-likeness (QED) is 0.476. The zero-order valence-corrected chi connectivity index (χ0v) is 20.0. The van der Waals surface area contributed by atoms with Gasteiger partial charge in [-0.2, -0.15) is 5.10 Å². The molecule has 8 heteroatoms. The Morgan fingerprint density at radius 2 is 1.82 bits per heavy atom. The van der Waals surface area contributed by atoms with Gasteiger partial charge < -0.3 is 14.4 Å². The Kier molecular flexibility index (Phi) is 6.88. The lowest BCUT2D eigenvalue weighted by atomic mass is 10.1. The number of nitrogens with zero attached hydrogens (tertiary/aromatic N) is 4. The van der Waals surface area contributed by atoms with E-state index in [9.17, 15) is 4.79 Å². The highest BCUT2D eigenvalue weighted by Gasteiger charge is 2.27. The molecule has 7 nitrogen and oxygen atoms in total. The van der Waals surface area contributed by atoms with E-state index in [1.165, 1.54) is 0 Å². The summed E-state index contributed by atoms with van der Waals surface area (Å²) in [6.45, 7) is 7.41. The number of halogens is 1. The van der Waals surface area contributed by atoms with Gasteiger partial charge in [0.05, 0.1) is 18.4 Å². The first-order chi connectivity index (χ1) is 15.8. The van der Waals surface area contributed by atoms with Crippen LogP contribution < -0.4 is 4.74 Å². The van der Waals surface area contributed by atoms with E-state index < -0.39 is 5.60 Å². The summed E-state index contributed by atoms with van der Waals surface area (Å²) in [5.41, 5.74) is 2.48. The molecule has 0 spiro atoms. The number of hydrogen-bond donors (Lipinski definition) is 0. The Morgan fingerprint density at radius 3 is 2.52 bits per heavy atom. The zero-order chi connectivity index (χ0) is 23.4. The molecule has 1 aliphatic rings. The summed E-state index contributed by atoms with van der Waals surface area (Å²) in [7, 11) is 0. The SMILES string of the molecule is CC(C)(C)OC(=O)N1CCC(n2cc(-c3cncc(OCc4ccc(Cl)cc4)c3)cn2)CC1. The first-order valence-corrected chi connectivity index (χ1v) is 11.5. The summed E-state index contributed by atoms with van der Waals surface area (Å²) >= 11 is 5.94. The molecule has 1 aliphatic heterocycles. The van der Waals surface area contributed by atoms with Gasteiger partial charge in [-0.3, -0.25) is 9.67 Å². The minimum Gasteiger partial charge on any atom is -0.487 e. The Morgan fingerprint density at radius 1 is 1.09 bits per heavy atom. The van der Waals surface area contributed by atoms with E-state index >= 15 is 0 Å². The first kappa shape index (κ1) is 23.1. The van der Waals surface area contributed by atoms with Crippen molar-refractivity contribution in [3.63, 3.8) is 0 Å². The molecule has 0 saturated carbocycles. The van der Waals surface area contributed by atoms with E-state index in [0.717, 1.165) is 29.5 Å². The van der Waals surface area contributed by atoms with Gasteiger partial charge in [0.15, 0.2) is 0 Å². The number of aromatic nitrogens is 3. The van der Waals surface area contributed by atoms with E-state index in [1.807, 2.05) is 74.4 Å². The van der Waals surface area contributed by atoms with Gasteiger partial charge in [-0.25, -0.2) is 4.79 Å². The molecule has 3 heterocycles. The van der Waals surface area contributed by atoms with E-state index in [2.05, 4.69) is 10.1 Å². The van der Waals surface area contributed by atoms with Crippen LogP contribution in [0, 0.1) is 0 Å². The number of pyridine rings is 1. The Hall–Kier alpha value is -3.06. The number of carbonyl (C=O) groups is 1. The van der Waals surface area contributed by atoms with Crippen LogP contribution in [0.5, 0.6) is 5.75 Å². The maximum absolute atomic E-state index is 12.3. The summed E-state index contributed by atoms with van der Waals surface area (Å²) in [5.74, 6) is 0.695. The largest absolute Gasteiger partial charge is 0.487 e. The molecule has 0 unspecified atom stereocenters. The fourth-order valence-electron chi connectivity index (χ4n) is 3.73. The normalized spacial score (nSPS) is 14.8. The minimum absolute atomic E-state index is 0.245. The van der Waals surface area contributed by atoms with Crippen LogP contribution >= 0.6 is 11.6 Å². The van der Waals surface area contributed by atoms with E-state index in [0.29, 0.717) is 30.5 Å². The molecule has 174 valence electrons. The predicted molar refractivity (Wildman–Crippen MR) is 127 cm³/mol. The smallest absolute Gasteiger partial charge is 0.410 e. The molecule has 0 atom stereocenters. The summed E-state index contributed by atoms with van der Waals surface area (Å²) in [6.07, 6.45) is 8.82. The van der Waals surface area contributed by atoms with Crippen LogP contribution in [0.1, 0.15) is 45.2 Å². The predicted octanol–water partition coefficient (Wildman–Crippen LogP) is 5.75. The molecule has 1 aromatic carbocycles. The number of likely N-dealkylation sites (tertiary alicyclic amines) is 1. The number of piperidine rings is 1. The fraction of sp³-hybridized carbons (Fsp3) is 0.400. The molecule has 0 radical (unpaired) electrons. The lowest BCUT2D eigenvalue weighted by Crippen LogP contribution is -2.42. The van der Waals surface area contributed by atoms with Crippen molar-refractivity contribution in [2.24, 2.45) is 0 Å². The van der Waals surface area contributed by atoms with Gasteiger partial charge in [-0.05, 0) is 57.4 Å². The van der Waals surface area contributed by atoms with Crippen molar-refractivity contribution in [2.75, 3.05) is 13.1 Å². The van der Waals surface area contributed by atoms with Gasteiger partial charge in [0.1, 0.15) is 18.0 Å². The average Bonchev–Trinajstić information content (AvgIpc) is 3.28. The highest BCUT2D eigenvalue weighted by atomic mass is 35.5. The van der Waals surface area contributed by atoms with Crippen molar-refractivity contribution in [2.45, 2.75) is 51.9 Å². The van der Waals surface area contributed by atoms with Crippen molar-refractivity contribution in [3.05, 3.63) is 65.7 Å². The third-order valence-corrected chi connectivity index (χ3v) is 5.71. The van der Waals surface area contributed by atoms with Crippen LogP contribution in [-0.4, -0.2) is 44.4 Å². The lowest BCUT2D eigenvalue weighted by Gasteiger charge is -2.33. The van der Waals surface area contributed by atoms with Crippen molar-refractivity contribution in [3.8, 4) is 16.9 Å². The van der Waals surface area contributed by atoms with Crippen LogP contribution in [0.3, 0.4) is 0 Å². The fourth-order valence-corrected chi connectivity index (χ4v) is 3.86. The molecule has 4 rings (SSSR count). The number of amides is 1. The second-order valence-electron chi connectivity index (χ2n) is 9.23. The van der Waals surface area contributed by atoms with Gasteiger partial charge in [-0.1, -0.05) is 23.7 Å². The Balaban J connectivity index is 1.35. The van der Waals surface area contributed by atoms with Crippen molar-refractivity contribution < 1.29 is 14.3 Å². The molecule has 0 bridgehead atoms.